The zero-order valence-corrected chi connectivity index (χ0v) is 15.2. The first-order chi connectivity index (χ1) is 13.5. The lowest BCUT2D eigenvalue weighted by molar-refractivity contribution is -0.141. The molecule has 0 bridgehead atoms. The van der Waals surface area contributed by atoms with Gasteiger partial charge in [0.25, 0.3) is 0 Å². The number of carbonyl (C=O) groups excluding carboxylic acids is 1. The van der Waals surface area contributed by atoms with Crippen LogP contribution in [0.4, 0.5) is 0 Å². The number of aliphatic carboxylic acids is 1. The molecular weight excluding hydrogens is 362 g/mol. The quantitative estimate of drug-likeness (QED) is 0.608. The van der Waals surface area contributed by atoms with E-state index >= 15 is 0 Å². The molecule has 2 aromatic carbocycles. The summed E-state index contributed by atoms with van der Waals surface area (Å²) >= 11 is 0. The van der Waals surface area contributed by atoms with Gasteiger partial charge in [-0.15, -0.1) is 0 Å². The fourth-order valence-electron chi connectivity index (χ4n) is 2.95. The number of amides is 1. The van der Waals surface area contributed by atoms with Crippen molar-refractivity contribution in [2.24, 2.45) is 0 Å². The number of benzene rings is 2. The predicted molar refractivity (Wildman–Crippen MR) is 102 cm³/mol. The fourth-order valence-corrected chi connectivity index (χ4v) is 2.95. The Balaban J connectivity index is 1.80. The van der Waals surface area contributed by atoms with Crippen molar-refractivity contribution in [3.8, 4) is 5.75 Å². The van der Waals surface area contributed by atoms with Crippen molar-refractivity contribution in [3.05, 3.63) is 76.1 Å². The summed E-state index contributed by atoms with van der Waals surface area (Å²) in [7, 11) is 1.50. The molecule has 1 amide bonds. The number of hydrogen-bond acceptors (Lipinski definition) is 5. The summed E-state index contributed by atoms with van der Waals surface area (Å²) < 4.78 is 10.3. The molecule has 0 saturated heterocycles. The third-order valence-electron chi connectivity index (χ3n) is 4.30. The summed E-state index contributed by atoms with van der Waals surface area (Å²) in [4.78, 5) is 35.8. The Hall–Kier alpha value is -3.61. The smallest absolute Gasteiger partial charge is 0.336 e. The normalized spacial score (nSPS) is 11.8. The summed E-state index contributed by atoms with van der Waals surface area (Å²) in [5.74, 6) is -1.10. The molecule has 1 aromatic heterocycles. The van der Waals surface area contributed by atoms with E-state index < -0.39 is 23.5 Å². The van der Waals surface area contributed by atoms with Crippen molar-refractivity contribution in [2.45, 2.75) is 18.9 Å². The van der Waals surface area contributed by atoms with E-state index in [1.165, 1.54) is 13.2 Å². The molecule has 1 heterocycles. The van der Waals surface area contributed by atoms with Crippen LogP contribution in [-0.2, 0) is 22.4 Å². The molecular formula is C21H19NO6. The molecule has 0 radical (unpaired) electrons. The van der Waals surface area contributed by atoms with Crippen LogP contribution in [0.3, 0.4) is 0 Å². The van der Waals surface area contributed by atoms with Crippen molar-refractivity contribution < 1.29 is 23.8 Å². The minimum Gasteiger partial charge on any atom is -0.497 e. The monoisotopic (exact) mass is 381 g/mol. The van der Waals surface area contributed by atoms with Gasteiger partial charge in [0.2, 0.25) is 5.91 Å². The van der Waals surface area contributed by atoms with Crippen molar-refractivity contribution in [1.29, 1.82) is 0 Å². The zero-order chi connectivity index (χ0) is 20.1. The van der Waals surface area contributed by atoms with Gasteiger partial charge >= 0.3 is 11.6 Å². The van der Waals surface area contributed by atoms with Crippen molar-refractivity contribution in [3.63, 3.8) is 0 Å². The van der Waals surface area contributed by atoms with Crippen LogP contribution in [0.15, 0.2) is 63.8 Å². The van der Waals surface area contributed by atoms with Crippen LogP contribution in [0.1, 0.15) is 11.1 Å². The van der Waals surface area contributed by atoms with Gasteiger partial charge in [-0.2, -0.15) is 0 Å². The highest BCUT2D eigenvalue weighted by atomic mass is 16.5. The van der Waals surface area contributed by atoms with Crippen molar-refractivity contribution >= 4 is 22.8 Å². The maximum atomic E-state index is 12.5. The fraction of sp³-hybridized carbons (Fsp3) is 0.190. The molecule has 0 unspecified atom stereocenters. The molecule has 0 saturated carbocycles. The lowest BCUT2D eigenvalue weighted by atomic mass is 10.0. The summed E-state index contributed by atoms with van der Waals surface area (Å²) in [6, 6.07) is 14.2. The van der Waals surface area contributed by atoms with Gasteiger partial charge in [-0.25, -0.2) is 9.59 Å². The van der Waals surface area contributed by atoms with Crippen LogP contribution in [0.5, 0.6) is 5.75 Å². The number of ether oxygens (including phenoxy) is 1. The van der Waals surface area contributed by atoms with E-state index in [-0.39, 0.29) is 12.8 Å². The van der Waals surface area contributed by atoms with E-state index in [1.807, 2.05) is 6.07 Å². The number of methoxy groups -OCH3 is 1. The maximum Gasteiger partial charge on any atom is 0.336 e. The molecule has 0 spiro atoms. The largest absolute Gasteiger partial charge is 0.497 e. The summed E-state index contributed by atoms with van der Waals surface area (Å²) in [6.45, 7) is 0. The van der Waals surface area contributed by atoms with Crippen LogP contribution in [0.2, 0.25) is 0 Å². The molecule has 3 rings (SSSR count). The van der Waals surface area contributed by atoms with E-state index in [0.717, 1.165) is 5.56 Å². The number of carboxylic acid groups (broad SMARTS) is 1. The van der Waals surface area contributed by atoms with Gasteiger partial charge in [-0.3, -0.25) is 4.79 Å². The molecule has 0 fully saturated rings. The minimum absolute atomic E-state index is 0.146. The van der Waals surface area contributed by atoms with Gasteiger partial charge in [-0.05, 0) is 23.3 Å². The third-order valence-corrected chi connectivity index (χ3v) is 4.30. The molecule has 2 N–H and O–H groups in total. The van der Waals surface area contributed by atoms with Crippen molar-refractivity contribution in [2.75, 3.05) is 7.11 Å². The highest BCUT2D eigenvalue weighted by Gasteiger charge is 2.21. The van der Waals surface area contributed by atoms with E-state index in [0.29, 0.717) is 22.3 Å². The molecule has 28 heavy (non-hydrogen) atoms. The number of carbonyl (C=O) groups is 2. The molecule has 1 atom stereocenters. The maximum absolute atomic E-state index is 12.5. The molecule has 3 aromatic rings. The lowest BCUT2D eigenvalue weighted by Crippen LogP contribution is -2.43. The van der Waals surface area contributed by atoms with Gasteiger partial charge < -0.3 is 19.6 Å². The standard InChI is InChI=1S/C21H19NO6/c1-27-15-7-8-16-14(11-20(24)28-18(16)12-15)10-19(23)22-17(21(25)26)9-13-5-3-2-4-6-13/h2-8,11-12,17H,9-10H2,1H3,(H,22,23)(H,25,26)/t17-/m0/s1. The zero-order valence-electron chi connectivity index (χ0n) is 15.2. The summed E-state index contributed by atoms with van der Waals surface area (Å²) in [6.07, 6.45) is 0.0176. The van der Waals surface area contributed by atoms with Crippen LogP contribution < -0.4 is 15.7 Å². The van der Waals surface area contributed by atoms with E-state index in [2.05, 4.69) is 5.32 Å². The Morgan fingerprint density at radius 3 is 2.57 bits per heavy atom. The molecule has 0 aliphatic rings. The first kappa shape index (κ1) is 19.2. The summed E-state index contributed by atoms with van der Waals surface area (Å²) in [5, 5.41) is 12.5. The second-order valence-corrected chi connectivity index (χ2v) is 6.28. The Labute approximate surface area is 160 Å². The Morgan fingerprint density at radius 2 is 1.89 bits per heavy atom. The molecule has 0 aliphatic carbocycles. The molecule has 144 valence electrons. The van der Waals surface area contributed by atoms with Crippen LogP contribution >= 0.6 is 0 Å². The summed E-state index contributed by atoms with van der Waals surface area (Å²) in [5.41, 5.74) is 0.958. The predicted octanol–water partition coefficient (Wildman–Crippen LogP) is 2.16. The average molecular weight is 381 g/mol. The van der Waals surface area contributed by atoms with Gasteiger partial charge in [0.05, 0.1) is 13.5 Å². The number of carboxylic acids is 1. The number of rotatable bonds is 7. The third kappa shape index (κ3) is 4.56. The Morgan fingerprint density at radius 1 is 1.14 bits per heavy atom. The molecule has 7 nitrogen and oxygen atoms in total. The second-order valence-electron chi connectivity index (χ2n) is 6.28. The van der Waals surface area contributed by atoms with E-state index in [9.17, 15) is 19.5 Å². The van der Waals surface area contributed by atoms with E-state index in [4.69, 9.17) is 9.15 Å². The second kappa shape index (κ2) is 8.39. The van der Waals surface area contributed by atoms with Crippen LogP contribution in [0.25, 0.3) is 11.0 Å². The molecule has 0 aliphatic heterocycles. The lowest BCUT2D eigenvalue weighted by Gasteiger charge is -2.15. The number of nitrogens with one attached hydrogen (secondary N) is 1. The Kier molecular flexibility index (Phi) is 5.74. The van der Waals surface area contributed by atoms with Crippen LogP contribution in [-0.4, -0.2) is 30.1 Å². The van der Waals surface area contributed by atoms with Gasteiger partial charge in [0, 0.05) is 23.9 Å². The Bertz CT molecular complexity index is 1060. The van der Waals surface area contributed by atoms with Gasteiger partial charge in [0.1, 0.15) is 17.4 Å². The number of hydrogen-bond donors (Lipinski definition) is 2. The van der Waals surface area contributed by atoms with Crippen LogP contribution in [0, 0.1) is 0 Å². The van der Waals surface area contributed by atoms with Gasteiger partial charge in [-0.1, -0.05) is 30.3 Å². The first-order valence-electron chi connectivity index (χ1n) is 8.63. The van der Waals surface area contributed by atoms with Crippen molar-refractivity contribution in [1.82, 2.24) is 5.32 Å². The first-order valence-corrected chi connectivity index (χ1v) is 8.63. The number of fused-ring (bicyclic) bond motifs is 1. The van der Waals surface area contributed by atoms with Gasteiger partial charge in [0.15, 0.2) is 0 Å². The SMILES string of the molecule is COc1ccc2c(CC(=O)N[C@@H](Cc3ccccc3)C(=O)O)cc(=O)oc2c1. The minimum atomic E-state index is -1.13. The average Bonchev–Trinajstić information content (AvgIpc) is 2.67. The highest BCUT2D eigenvalue weighted by Crippen LogP contribution is 2.22. The van der Waals surface area contributed by atoms with E-state index in [1.54, 1.807) is 42.5 Å². The molecule has 7 heteroatoms. The highest BCUT2D eigenvalue weighted by molar-refractivity contribution is 5.89. The topological polar surface area (TPSA) is 106 Å².